The molecule has 2 aromatic rings. The van der Waals surface area contributed by atoms with Crippen molar-refractivity contribution >= 4 is 29.3 Å². The van der Waals surface area contributed by atoms with Gasteiger partial charge in [0.05, 0.1) is 5.75 Å². The summed E-state index contributed by atoms with van der Waals surface area (Å²) < 4.78 is 5.18. The lowest BCUT2D eigenvalue weighted by molar-refractivity contribution is -0.150. The van der Waals surface area contributed by atoms with Gasteiger partial charge in [0, 0.05) is 36.8 Å². The van der Waals surface area contributed by atoms with Gasteiger partial charge in [0.2, 0.25) is 0 Å². The molecule has 5 nitrogen and oxygen atoms in total. The second kappa shape index (κ2) is 9.64. The minimum Gasteiger partial charge on any atom is -0.455 e. The van der Waals surface area contributed by atoms with E-state index in [4.69, 9.17) is 4.74 Å². The van der Waals surface area contributed by atoms with Gasteiger partial charge in [-0.05, 0) is 49.2 Å². The second-order valence-corrected chi connectivity index (χ2v) is 7.95. The summed E-state index contributed by atoms with van der Waals surface area (Å²) in [5.74, 6) is -0.283. The van der Waals surface area contributed by atoms with Crippen molar-refractivity contribution in [2.75, 3.05) is 43.4 Å². The van der Waals surface area contributed by atoms with E-state index in [0.717, 1.165) is 18.0 Å². The van der Waals surface area contributed by atoms with Gasteiger partial charge in [-0.3, -0.25) is 9.59 Å². The highest BCUT2D eigenvalue weighted by Crippen LogP contribution is 2.21. The van der Waals surface area contributed by atoms with E-state index in [2.05, 4.69) is 30.0 Å². The number of rotatable bonds is 6. The molecule has 2 aromatic carbocycles. The van der Waals surface area contributed by atoms with E-state index in [-0.39, 0.29) is 24.2 Å². The maximum absolute atomic E-state index is 12.3. The lowest BCUT2D eigenvalue weighted by Crippen LogP contribution is -2.49. The van der Waals surface area contributed by atoms with Crippen molar-refractivity contribution in [2.24, 2.45) is 0 Å². The van der Waals surface area contributed by atoms with Gasteiger partial charge in [0.15, 0.2) is 6.61 Å². The van der Waals surface area contributed by atoms with Crippen LogP contribution in [-0.2, 0) is 14.3 Å². The topological polar surface area (TPSA) is 49.9 Å². The molecule has 0 aromatic heterocycles. The summed E-state index contributed by atoms with van der Waals surface area (Å²) in [6, 6.07) is 16.3. The zero-order valence-corrected chi connectivity index (χ0v) is 17.2. The second-order valence-electron chi connectivity index (χ2n) is 6.90. The third-order valence-electron chi connectivity index (χ3n) is 4.95. The highest BCUT2D eigenvalue weighted by Gasteiger charge is 2.22. The number of anilines is 1. The molecule has 0 saturated carbocycles. The lowest BCUT2D eigenvalue weighted by Gasteiger charge is -2.36. The maximum atomic E-state index is 12.3. The number of hydrogen-bond donors (Lipinski definition) is 0. The molecule has 0 bridgehead atoms. The van der Waals surface area contributed by atoms with E-state index >= 15 is 0 Å². The third-order valence-corrected chi connectivity index (χ3v) is 5.91. The summed E-state index contributed by atoms with van der Waals surface area (Å²) in [4.78, 5) is 29.4. The van der Waals surface area contributed by atoms with Crippen LogP contribution in [0.1, 0.15) is 11.1 Å². The minimum atomic E-state index is -0.362. The van der Waals surface area contributed by atoms with Crippen LogP contribution in [0.3, 0.4) is 0 Å². The Morgan fingerprint density at radius 1 is 0.964 bits per heavy atom. The molecule has 1 saturated heterocycles. The molecule has 148 valence electrons. The number of carbonyl (C=O) groups excluding carboxylic acids is 2. The summed E-state index contributed by atoms with van der Waals surface area (Å²) in [6.07, 6.45) is 0. The fraction of sp³-hybridized carbons (Fsp3) is 0.364. The van der Waals surface area contributed by atoms with Crippen molar-refractivity contribution in [2.45, 2.75) is 18.7 Å². The predicted molar refractivity (Wildman–Crippen MR) is 113 cm³/mol. The average molecular weight is 399 g/mol. The fourth-order valence-corrected chi connectivity index (χ4v) is 3.87. The molecule has 0 N–H and O–H groups in total. The lowest BCUT2D eigenvalue weighted by atomic mass is 10.1. The number of hydrogen-bond acceptors (Lipinski definition) is 5. The molecular formula is C22H26N2O3S. The van der Waals surface area contributed by atoms with Gasteiger partial charge in [-0.2, -0.15) is 0 Å². The number of thioether (sulfide) groups is 1. The quantitative estimate of drug-likeness (QED) is 0.552. The van der Waals surface area contributed by atoms with Crippen molar-refractivity contribution < 1.29 is 14.3 Å². The molecule has 1 heterocycles. The van der Waals surface area contributed by atoms with Crippen LogP contribution in [0.25, 0.3) is 0 Å². The highest BCUT2D eigenvalue weighted by atomic mass is 32.2. The monoisotopic (exact) mass is 398 g/mol. The van der Waals surface area contributed by atoms with Gasteiger partial charge in [-0.25, -0.2) is 0 Å². The number of carbonyl (C=O) groups is 2. The SMILES string of the molecule is Cc1ccc(SCC(=O)OCC(=O)N2CCN(c3ccccc3)CC2)cc1C. The van der Waals surface area contributed by atoms with Crippen LogP contribution in [0.5, 0.6) is 0 Å². The van der Waals surface area contributed by atoms with Crippen LogP contribution in [-0.4, -0.2) is 55.3 Å². The molecule has 1 amide bonds. The number of aryl methyl sites for hydroxylation is 2. The van der Waals surface area contributed by atoms with Gasteiger partial charge < -0.3 is 14.5 Å². The van der Waals surface area contributed by atoms with Gasteiger partial charge in [-0.1, -0.05) is 24.3 Å². The highest BCUT2D eigenvalue weighted by molar-refractivity contribution is 8.00. The third kappa shape index (κ3) is 5.52. The van der Waals surface area contributed by atoms with E-state index < -0.39 is 0 Å². The number of ether oxygens (including phenoxy) is 1. The summed E-state index contributed by atoms with van der Waals surface area (Å²) in [6.45, 7) is 6.78. The van der Waals surface area contributed by atoms with Crippen molar-refractivity contribution in [1.29, 1.82) is 0 Å². The van der Waals surface area contributed by atoms with E-state index in [1.54, 1.807) is 4.90 Å². The molecule has 0 radical (unpaired) electrons. The molecule has 1 aliphatic heterocycles. The number of piperazine rings is 1. The predicted octanol–water partition coefficient (Wildman–Crippen LogP) is 3.29. The first-order valence-electron chi connectivity index (χ1n) is 9.46. The molecule has 0 atom stereocenters. The van der Waals surface area contributed by atoms with Crippen LogP contribution in [0.4, 0.5) is 5.69 Å². The number of esters is 1. The molecule has 3 rings (SSSR count). The Labute approximate surface area is 170 Å². The van der Waals surface area contributed by atoms with E-state index in [1.807, 2.05) is 37.3 Å². The molecule has 1 aliphatic rings. The summed E-state index contributed by atoms with van der Waals surface area (Å²) in [7, 11) is 0. The molecule has 0 spiro atoms. The Hall–Kier alpha value is -2.47. The molecule has 0 aliphatic carbocycles. The summed E-state index contributed by atoms with van der Waals surface area (Å²) >= 11 is 1.43. The van der Waals surface area contributed by atoms with Gasteiger partial charge >= 0.3 is 5.97 Å². The van der Waals surface area contributed by atoms with Crippen LogP contribution >= 0.6 is 11.8 Å². The molecule has 28 heavy (non-hydrogen) atoms. The maximum Gasteiger partial charge on any atom is 0.316 e. The average Bonchev–Trinajstić information content (AvgIpc) is 2.73. The number of amides is 1. The van der Waals surface area contributed by atoms with Gasteiger partial charge in [-0.15, -0.1) is 11.8 Å². The molecule has 0 unspecified atom stereocenters. The molecular weight excluding hydrogens is 372 g/mol. The van der Waals surface area contributed by atoms with Crippen molar-refractivity contribution in [3.63, 3.8) is 0 Å². The first-order chi connectivity index (χ1) is 13.5. The Balaban J connectivity index is 1.38. The smallest absolute Gasteiger partial charge is 0.316 e. The first kappa shape index (κ1) is 20.3. The van der Waals surface area contributed by atoms with Crippen LogP contribution < -0.4 is 4.90 Å². The zero-order chi connectivity index (χ0) is 19.9. The largest absolute Gasteiger partial charge is 0.455 e. The molecule has 1 fully saturated rings. The van der Waals surface area contributed by atoms with Crippen molar-refractivity contribution in [1.82, 2.24) is 4.90 Å². The Morgan fingerprint density at radius 2 is 1.68 bits per heavy atom. The van der Waals surface area contributed by atoms with Gasteiger partial charge in [0.25, 0.3) is 5.91 Å². The van der Waals surface area contributed by atoms with E-state index in [0.29, 0.717) is 13.1 Å². The van der Waals surface area contributed by atoms with Crippen LogP contribution in [0.2, 0.25) is 0 Å². The van der Waals surface area contributed by atoms with Crippen LogP contribution in [0.15, 0.2) is 53.4 Å². The normalized spacial score (nSPS) is 14.1. The first-order valence-corrected chi connectivity index (χ1v) is 10.4. The van der Waals surface area contributed by atoms with Gasteiger partial charge in [0.1, 0.15) is 0 Å². The Bertz CT molecular complexity index is 818. The summed E-state index contributed by atoms with van der Waals surface area (Å²) in [5, 5.41) is 0. The van der Waals surface area contributed by atoms with E-state index in [1.165, 1.54) is 28.6 Å². The fourth-order valence-electron chi connectivity index (χ4n) is 3.07. The standard InChI is InChI=1S/C22H26N2O3S/c1-17-8-9-20(14-18(17)2)28-16-22(26)27-15-21(25)24-12-10-23(11-13-24)19-6-4-3-5-7-19/h3-9,14H,10-13,15-16H2,1-2H3. The molecule has 6 heteroatoms. The minimum absolute atomic E-state index is 0.128. The van der Waals surface area contributed by atoms with Crippen LogP contribution in [0, 0.1) is 13.8 Å². The number of para-hydroxylation sites is 1. The Morgan fingerprint density at radius 3 is 2.36 bits per heavy atom. The zero-order valence-electron chi connectivity index (χ0n) is 16.4. The van der Waals surface area contributed by atoms with Crippen molar-refractivity contribution in [3.05, 3.63) is 59.7 Å². The van der Waals surface area contributed by atoms with E-state index in [9.17, 15) is 9.59 Å². The Kier molecular flexibility index (Phi) is 6.98. The van der Waals surface area contributed by atoms with Crippen molar-refractivity contribution in [3.8, 4) is 0 Å². The number of benzene rings is 2. The number of nitrogens with zero attached hydrogens (tertiary/aromatic N) is 2. The summed E-state index contributed by atoms with van der Waals surface area (Å²) in [5.41, 5.74) is 3.59.